The van der Waals surface area contributed by atoms with Crippen LogP contribution in [0.3, 0.4) is 0 Å². The predicted molar refractivity (Wildman–Crippen MR) is 99.4 cm³/mol. The Balaban J connectivity index is 1.91. The van der Waals surface area contributed by atoms with Crippen molar-refractivity contribution in [2.24, 2.45) is 5.41 Å². The molecule has 1 amide bonds. The van der Waals surface area contributed by atoms with Crippen LogP contribution in [0.5, 0.6) is 11.5 Å². The molecule has 0 spiro atoms. The van der Waals surface area contributed by atoms with Crippen LogP contribution < -0.4 is 14.8 Å². The van der Waals surface area contributed by atoms with Gasteiger partial charge >= 0.3 is 5.97 Å². The number of carbonyl (C=O) groups is 2. The van der Waals surface area contributed by atoms with Crippen molar-refractivity contribution in [1.29, 1.82) is 0 Å². The van der Waals surface area contributed by atoms with Crippen LogP contribution in [0.25, 0.3) is 6.08 Å². The molecule has 1 fully saturated rings. The molecule has 1 aromatic carbocycles. The Morgan fingerprint density at radius 2 is 1.96 bits per heavy atom. The number of hydrogen-bond acceptors (Lipinski definition) is 4. The molecule has 2 rings (SSSR count). The Hall–Kier alpha value is -2.50. The second-order valence-corrected chi connectivity index (χ2v) is 6.62. The van der Waals surface area contributed by atoms with Gasteiger partial charge in [0.25, 0.3) is 5.91 Å². The van der Waals surface area contributed by atoms with Crippen molar-refractivity contribution in [2.75, 3.05) is 20.3 Å². The van der Waals surface area contributed by atoms with E-state index >= 15 is 0 Å². The molecule has 0 bridgehead atoms. The van der Waals surface area contributed by atoms with Gasteiger partial charge in [-0.15, -0.1) is 0 Å². The molecule has 2 N–H and O–H groups in total. The molecule has 6 heteroatoms. The Labute approximate surface area is 154 Å². The van der Waals surface area contributed by atoms with Crippen LogP contribution in [0.4, 0.5) is 0 Å². The van der Waals surface area contributed by atoms with E-state index in [9.17, 15) is 14.7 Å². The van der Waals surface area contributed by atoms with Gasteiger partial charge in [-0.3, -0.25) is 9.59 Å². The molecule has 142 valence electrons. The van der Waals surface area contributed by atoms with E-state index in [1.54, 1.807) is 13.2 Å². The second-order valence-electron chi connectivity index (χ2n) is 6.62. The van der Waals surface area contributed by atoms with Crippen molar-refractivity contribution in [1.82, 2.24) is 5.32 Å². The molecule has 1 aromatic rings. The zero-order chi connectivity index (χ0) is 19.0. The highest BCUT2D eigenvalue weighted by Gasteiger charge is 2.39. The van der Waals surface area contributed by atoms with Crippen molar-refractivity contribution in [2.45, 2.75) is 39.0 Å². The quantitative estimate of drug-likeness (QED) is 0.742. The Bertz CT molecular complexity index is 662. The molecular weight excluding hydrogens is 334 g/mol. The molecule has 6 nitrogen and oxygen atoms in total. The standard InChI is InChI=1S/C20H27NO5/c1-3-7-15-8-9-16(17(12-15)25-2)26-13-18(22)21-14-20(19(23)24)10-5-4-6-11-20/h3,7-9,12H,4-6,10-11,13-14H2,1-2H3,(H,21,22)(H,23,24)/b7-3+. The van der Waals surface area contributed by atoms with Crippen LogP contribution in [0.1, 0.15) is 44.6 Å². The topological polar surface area (TPSA) is 84.9 Å². The summed E-state index contributed by atoms with van der Waals surface area (Å²) in [4.78, 5) is 23.7. The third kappa shape index (κ3) is 5.00. The van der Waals surface area contributed by atoms with Gasteiger partial charge in [0.1, 0.15) is 0 Å². The largest absolute Gasteiger partial charge is 0.493 e. The molecule has 0 aromatic heterocycles. The second kappa shape index (κ2) is 9.27. The zero-order valence-electron chi connectivity index (χ0n) is 15.4. The molecular formula is C20H27NO5. The lowest BCUT2D eigenvalue weighted by molar-refractivity contribution is -0.151. The molecule has 0 heterocycles. The summed E-state index contributed by atoms with van der Waals surface area (Å²) >= 11 is 0. The lowest BCUT2D eigenvalue weighted by atomic mass is 9.74. The Morgan fingerprint density at radius 3 is 2.58 bits per heavy atom. The number of hydrogen-bond donors (Lipinski definition) is 2. The van der Waals surface area contributed by atoms with Crippen LogP contribution in [-0.4, -0.2) is 37.2 Å². The van der Waals surface area contributed by atoms with Crippen molar-refractivity contribution in [3.8, 4) is 11.5 Å². The summed E-state index contributed by atoms with van der Waals surface area (Å²) in [6.07, 6.45) is 7.88. The normalized spacial score (nSPS) is 16.2. The SMILES string of the molecule is C/C=C/c1ccc(OCC(=O)NCC2(C(=O)O)CCCCC2)c(OC)c1. The first-order valence-electron chi connectivity index (χ1n) is 8.94. The monoisotopic (exact) mass is 361 g/mol. The molecule has 26 heavy (non-hydrogen) atoms. The summed E-state index contributed by atoms with van der Waals surface area (Å²) in [6.45, 7) is 1.88. The number of carboxylic acids is 1. The smallest absolute Gasteiger partial charge is 0.311 e. The fraction of sp³-hybridized carbons (Fsp3) is 0.500. The average Bonchev–Trinajstić information content (AvgIpc) is 2.66. The van der Waals surface area contributed by atoms with E-state index in [0.717, 1.165) is 24.8 Å². The zero-order valence-corrected chi connectivity index (χ0v) is 15.4. The summed E-state index contributed by atoms with van der Waals surface area (Å²) < 4.78 is 10.8. The number of rotatable bonds is 8. The molecule has 1 aliphatic carbocycles. The van der Waals surface area contributed by atoms with Gasteiger partial charge < -0.3 is 19.9 Å². The lowest BCUT2D eigenvalue weighted by Gasteiger charge is -2.33. The molecule has 0 radical (unpaired) electrons. The van der Waals surface area contributed by atoms with Gasteiger partial charge in [-0.1, -0.05) is 37.5 Å². The van der Waals surface area contributed by atoms with Crippen LogP contribution in [0, 0.1) is 5.41 Å². The van der Waals surface area contributed by atoms with E-state index < -0.39 is 11.4 Å². The number of amides is 1. The number of carbonyl (C=O) groups excluding carboxylic acids is 1. The number of aliphatic carboxylic acids is 1. The first kappa shape index (κ1) is 19.8. The van der Waals surface area contributed by atoms with Gasteiger partial charge in [-0.2, -0.15) is 0 Å². The van der Waals surface area contributed by atoms with Gasteiger partial charge in [0.15, 0.2) is 18.1 Å². The first-order chi connectivity index (χ1) is 12.5. The van der Waals surface area contributed by atoms with Crippen LogP contribution in [0.2, 0.25) is 0 Å². The highest BCUT2D eigenvalue weighted by molar-refractivity contribution is 5.80. The maximum atomic E-state index is 12.1. The van der Waals surface area contributed by atoms with Crippen molar-refractivity contribution in [3.05, 3.63) is 29.8 Å². The molecule has 0 atom stereocenters. The van der Waals surface area contributed by atoms with Crippen molar-refractivity contribution in [3.63, 3.8) is 0 Å². The maximum Gasteiger partial charge on any atom is 0.311 e. The van der Waals surface area contributed by atoms with Crippen molar-refractivity contribution < 1.29 is 24.2 Å². The minimum atomic E-state index is -0.847. The molecule has 1 saturated carbocycles. The predicted octanol–water partition coefficient (Wildman–Crippen LogP) is 3.26. The van der Waals surface area contributed by atoms with E-state index in [1.165, 1.54) is 0 Å². The van der Waals surface area contributed by atoms with Crippen molar-refractivity contribution >= 4 is 18.0 Å². The van der Waals surface area contributed by atoms with Crippen LogP contribution in [0.15, 0.2) is 24.3 Å². The summed E-state index contributed by atoms with van der Waals surface area (Å²) in [5.74, 6) is -0.153. The molecule has 0 unspecified atom stereocenters. The van der Waals surface area contributed by atoms with Gasteiger partial charge in [0.05, 0.1) is 12.5 Å². The van der Waals surface area contributed by atoms with Gasteiger partial charge in [-0.05, 0) is 37.5 Å². The highest BCUT2D eigenvalue weighted by atomic mass is 16.5. The number of carboxylic acid groups (broad SMARTS) is 1. The fourth-order valence-electron chi connectivity index (χ4n) is 3.26. The number of allylic oxidation sites excluding steroid dienone is 1. The number of benzene rings is 1. The van der Waals surface area contributed by atoms with E-state index in [2.05, 4.69) is 5.32 Å². The van der Waals surface area contributed by atoms with E-state index in [1.807, 2.05) is 31.2 Å². The first-order valence-corrected chi connectivity index (χ1v) is 8.94. The molecule has 1 aliphatic rings. The van der Waals surface area contributed by atoms with Crippen LogP contribution in [-0.2, 0) is 9.59 Å². The van der Waals surface area contributed by atoms with Gasteiger partial charge in [0.2, 0.25) is 0 Å². The number of methoxy groups -OCH3 is 1. The summed E-state index contributed by atoms with van der Waals surface area (Å²) in [6, 6.07) is 5.45. The third-order valence-electron chi connectivity index (χ3n) is 4.79. The average molecular weight is 361 g/mol. The summed E-state index contributed by atoms with van der Waals surface area (Å²) in [5.41, 5.74) is 0.126. The maximum absolute atomic E-state index is 12.1. The molecule has 0 aliphatic heterocycles. The third-order valence-corrected chi connectivity index (χ3v) is 4.79. The van der Waals surface area contributed by atoms with E-state index in [-0.39, 0.29) is 19.1 Å². The van der Waals surface area contributed by atoms with Crippen LogP contribution >= 0.6 is 0 Å². The van der Waals surface area contributed by atoms with Gasteiger partial charge in [-0.25, -0.2) is 0 Å². The van der Waals surface area contributed by atoms with E-state index in [0.29, 0.717) is 24.3 Å². The molecule has 0 saturated heterocycles. The van der Waals surface area contributed by atoms with Gasteiger partial charge in [0, 0.05) is 6.54 Å². The lowest BCUT2D eigenvalue weighted by Crippen LogP contribution is -2.45. The summed E-state index contributed by atoms with van der Waals surface area (Å²) in [5, 5.41) is 12.3. The number of nitrogens with one attached hydrogen (secondary N) is 1. The van der Waals surface area contributed by atoms with E-state index in [4.69, 9.17) is 9.47 Å². The highest BCUT2D eigenvalue weighted by Crippen LogP contribution is 2.36. The minimum Gasteiger partial charge on any atom is -0.493 e. The summed E-state index contributed by atoms with van der Waals surface area (Å²) in [7, 11) is 1.54. The minimum absolute atomic E-state index is 0.141. The Morgan fingerprint density at radius 1 is 1.23 bits per heavy atom. The Kier molecular flexibility index (Phi) is 7.06. The fourth-order valence-corrected chi connectivity index (χ4v) is 3.26. The number of ether oxygens (including phenoxy) is 2.